The number of thiocarbonyl (C=S) groups is 1. The highest BCUT2D eigenvalue weighted by atomic mass is 32.2. The van der Waals surface area contributed by atoms with Gasteiger partial charge in [-0.2, -0.15) is 0 Å². The Kier molecular flexibility index (Phi) is 8.41. The zero-order chi connectivity index (χ0) is 13.3. The van der Waals surface area contributed by atoms with Gasteiger partial charge in [-0.15, -0.1) is 11.8 Å². The van der Waals surface area contributed by atoms with Crippen molar-refractivity contribution in [3.63, 3.8) is 0 Å². The lowest BCUT2D eigenvalue weighted by Crippen LogP contribution is -2.31. The van der Waals surface area contributed by atoms with E-state index < -0.39 is 4.75 Å². The molecule has 0 aliphatic carbocycles. The van der Waals surface area contributed by atoms with Crippen molar-refractivity contribution in [1.82, 2.24) is 0 Å². The first-order valence-corrected chi connectivity index (χ1v) is 7.19. The van der Waals surface area contributed by atoms with E-state index >= 15 is 0 Å². The van der Waals surface area contributed by atoms with Gasteiger partial charge in [-0.25, -0.2) is 0 Å². The number of azide groups is 1. The Morgan fingerprint density at radius 2 is 2.24 bits per heavy atom. The second kappa shape index (κ2) is 8.63. The van der Waals surface area contributed by atoms with E-state index in [4.69, 9.17) is 22.5 Å². The van der Waals surface area contributed by atoms with Gasteiger partial charge < -0.3 is 4.74 Å². The van der Waals surface area contributed by atoms with Gasteiger partial charge in [-0.3, -0.25) is 4.79 Å². The zero-order valence-corrected chi connectivity index (χ0v) is 12.5. The molecule has 0 aliphatic heterocycles. The molecular formula is C9H15N3O2S3. The lowest BCUT2D eigenvalue weighted by Gasteiger charge is -2.21. The molecule has 0 aromatic rings. The third-order valence-electron chi connectivity index (χ3n) is 1.58. The van der Waals surface area contributed by atoms with E-state index in [1.165, 1.54) is 23.5 Å². The third-order valence-corrected chi connectivity index (χ3v) is 4.16. The minimum absolute atomic E-state index is 0.0978. The molecule has 0 N–H and O–H groups in total. The summed E-state index contributed by atoms with van der Waals surface area (Å²) in [5.74, 6) is 0.531. The van der Waals surface area contributed by atoms with Crippen molar-refractivity contribution in [2.45, 2.75) is 25.5 Å². The minimum atomic E-state index is -0.713. The Labute approximate surface area is 115 Å². The molecule has 0 spiro atoms. The molecule has 0 aromatic heterocycles. The summed E-state index contributed by atoms with van der Waals surface area (Å²) < 4.78 is 5.01. The second-order valence-corrected chi connectivity index (χ2v) is 7.48. The Balaban J connectivity index is 4.14. The molecule has 0 rings (SSSR count). The summed E-state index contributed by atoms with van der Waals surface area (Å²) in [5.41, 5.74) is 8.06. The SMILES string of the molecule is CCSC(=S)SC(C)(C)C(=O)OCCN=[N+]=[N-]. The fourth-order valence-corrected chi connectivity index (χ4v) is 3.78. The largest absolute Gasteiger partial charge is 0.465 e. The maximum atomic E-state index is 11.7. The van der Waals surface area contributed by atoms with Crippen molar-refractivity contribution < 1.29 is 9.53 Å². The highest BCUT2D eigenvalue weighted by Crippen LogP contribution is 2.31. The minimum Gasteiger partial charge on any atom is -0.465 e. The van der Waals surface area contributed by atoms with Gasteiger partial charge in [0.1, 0.15) is 8.28 Å². The van der Waals surface area contributed by atoms with E-state index in [0.717, 1.165) is 9.28 Å². The van der Waals surface area contributed by atoms with Crippen LogP contribution in [-0.4, -0.2) is 33.1 Å². The van der Waals surface area contributed by atoms with E-state index in [-0.39, 0.29) is 19.1 Å². The average molecular weight is 293 g/mol. The molecule has 0 saturated carbocycles. The van der Waals surface area contributed by atoms with Crippen LogP contribution in [0.1, 0.15) is 20.8 Å². The summed E-state index contributed by atoms with van der Waals surface area (Å²) in [5, 5.41) is 3.28. The molecular weight excluding hydrogens is 278 g/mol. The number of hydrogen-bond donors (Lipinski definition) is 0. The molecule has 0 amide bonds. The summed E-state index contributed by atoms with van der Waals surface area (Å²) in [6, 6.07) is 0. The Bertz CT molecular complexity index is 327. The Morgan fingerprint density at radius 1 is 1.59 bits per heavy atom. The van der Waals surface area contributed by atoms with Gasteiger partial charge in [0.15, 0.2) is 0 Å². The lowest BCUT2D eigenvalue weighted by atomic mass is 10.2. The van der Waals surface area contributed by atoms with Gasteiger partial charge in [0.05, 0.1) is 13.2 Å². The Morgan fingerprint density at radius 3 is 2.76 bits per heavy atom. The van der Waals surface area contributed by atoms with Crippen LogP contribution >= 0.6 is 35.7 Å². The molecule has 0 atom stereocenters. The number of ether oxygens (including phenoxy) is 1. The number of carbonyl (C=O) groups excluding carboxylic acids is 1. The second-order valence-electron chi connectivity index (χ2n) is 3.39. The summed E-state index contributed by atoms with van der Waals surface area (Å²) in [4.78, 5) is 14.3. The molecule has 0 fully saturated rings. The summed E-state index contributed by atoms with van der Waals surface area (Å²) in [6.07, 6.45) is 0. The van der Waals surface area contributed by atoms with Crippen LogP contribution in [0.3, 0.4) is 0 Å². The smallest absolute Gasteiger partial charge is 0.322 e. The van der Waals surface area contributed by atoms with Crippen molar-refractivity contribution in [2.75, 3.05) is 18.9 Å². The number of esters is 1. The van der Waals surface area contributed by atoms with Crippen LogP contribution in [0.15, 0.2) is 5.11 Å². The molecule has 0 heterocycles. The molecule has 0 bridgehead atoms. The van der Waals surface area contributed by atoms with Crippen molar-refractivity contribution in [3.8, 4) is 0 Å². The maximum absolute atomic E-state index is 11.7. The molecule has 0 aliphatic rings. The van der Waals surface area contributed by atoms with E-state index in [2.05, 4.69) is 10.0 Å². The van der Waals surface area contributed by atoms with Gasteiger partial charge in [0.2, 0.25) is 0 Å². The third kappa shape index (κ3) is 7.49. The van der Waals surface area contributed by atoms with Gasteiger partial charge in [-0.1, -0.05) is 36.0 Å². The first-order valence-electron chi connectivity index (χ1n) is 4.98. The zero-order valence-electron chi connectivity index (χ0n) is 10.0. The highest BCUT2D eigenvalue weighted by molar-refractivity contribution is 8.47. The van der Waals surface area contributed by atoms with Gasteiger partial charge >= 0.3 is 5.97 Å². The van der Waals surface area contributed by atoms with Crippen LogP contribution in [0, 0.1) is 0 Å². The van der Waals surface area contributed by atoms with E-state index in [0.29, 0.717) is 0 Å². The normalized spacial score (nSPS) is 10.5. The van der Waals surface area contributed by atoms with Crippen molar-refractivity contribution >= 4 is 45.2 Å². The van der Waals surface area contributed by atoms with Crippen LogP contribution in [0.5, 0.6) is 0 Å². The van der Waals surface area contributed by atoms with Crippen LogP contribution < -0.4 is 0 Å². The van der Waals surface area contributed by atoms with Crippen LogP contribution in [0.4, 0.5) is 0 Å². The molecule has 0 unspecified atom stereocenters. The highest BCUT2D eigenvalue weighted by Gasteiger charge is 2.31. The van der Waals surface area contributed by atoms with Gasteiger partial charge in [0, 0.05) is 4.91 Å². The molecule has 0 aromatic carbocycles. The van der Waals surface area contributed by atoms with Crippen molar-refractivity contribution in [3.05, 3.63) is 10.4 Å². The summed E-state index contributed by atoms with van der Waals surface area (Å²) >= 11 is 7.97. The molecule has 8 heteroatoms. The van der Waals surface area contributed by atoms with Crippen molar-refractivity contribution in [2.24, 2.45) is 5.11 Å². The standard InChI is InChI=1S/C9H15N3O2S3/c1-4-16-8(15)17-9(2,3)7(13)14-6-5-11-12-10/h4-6H2,1-3H3. The van der Waals surface area contributed by atoms with Gasteiger partial charge in [-0.05, 0) is 25.1 Å². The van der Waals surface area contributed by atoms with Crippen LogP contribution in [0.2, 0.25) is 0 Å². The maximum Gasteiger partial charge on any atom is 0.322 e. The number of hydrogen-bond acceptors (Lipinski definition) is 6. The van der Waals surface area contributed by atoms with Crippen LogP contribution in [-0.2, 0) is 9.53 Å². The summed E-state index contributed by atoms with van der Waals surface area (Å²) in [7, 11) is 0. The number of rotatable bonds is 6. The quantitative estimate of drug-likeness (QED) is 0.187. The average Bonchev–Trinajstić information content (AvgIpc) is 2.23. The number of carbonyl (C=O) groups is 1. The number of nitrogens with zero attached hydrogens (tertiary/aromatic N) is 3. The molecule has 96 valence electrons. The van der Waals surface area contributed by atoms with Gasteiger partial charge in [0.25, 0.3) is 0 Å². The molecule has 17 heavy (non-hydrogen) atoms. The predicted molar refractivity (Wildman–Crippen MR) is 77.4 cm³/mol. The Hall–Kier alpha value is -0.430. The predicted octanol–water partition coefficient (Wildman–Crippen LogP) is 3.39. The van der Waals surface area contributed by atoms with Crippen LogP contribution in [0.25, 0.3) is 10.4 Å². The lowest BCUT2D eigenvalue weighted by molar-refractivity contribution is -0.145. The fraction of sp³-hybridized carbons (Fsp3) is 0.778. The van der Waals surface area contributed by atoms with Crippen molar-refractivity contribution in [1.29, 1.82) is 0 Å². The summed E-state index contributed by atoms with van der Waals surface area (Å²) in [6.45, 7) is 5.77. The number of thioether (sulfide) groups is 2. The fourth-order valence-electron chi connectivity index (χ4n) is 0.795. The van der Waals surface area contributed by atoms with E-state index in [9.17, 15) is 4.79 Å². The monoisotopic (exact) mass is 293 g/mol. The molecule has 0 saturated heterocycles. The van der Waals surface area contributed by atoms with E-state index in [1.807, 2.05) is 6.92 Å². The first kappa shape index (κ1) is 16.6. The molecule has 0 radical (unpaired) electrons. The van der Waals surface area contributed by atoms with E-state index in [1.54, 1.807) is 13.8 Å². The molecule has 5 nitrogen and oxygen atoms in total. The topological polar surface area (TPSA) is 75.1 Å². The first-order chi connectivity index (χ1) is 7.94.